The Morgan fingerprint density at radius 1 is 1.39 bits per heavy atom. The van der Waals surface area contributed by atoms with Gasteiger partial charge in [-0.15, -0.1) is 0 Å². The van der Waals surface area contributed by atoms with Crippen LogP contribution in [0.3, 0.4) is 0 Å². The van der Waals surface area contributed by atoms with E-state index in [0.29, 0.717) is 39.2 Å². The average molecular weight is 334 g/mol. The molecule has 122 valence electrons. The highest BCUT2D eigenvalue weighted by atomic mass is 32.2. The summed E-state index contributed by atoms with van der Waals surface area (Å²) >= 11 is 1.47. The van der Waals surface area contributed by atoms with E-state index in [-0.39, 0.29) is 17.9 Å². The molecular weight excluding hydrogens is 316 g/mol. The minimum absolute atomic E-state index is 0.00912. The van der Waals surface area contributed by atoms with E-state index in [4.69, 9.17) is 9.47 Å². The number of ether oxygens (including phenoxy) is 2. The zero-order chi connectivity index (χ0) is 15.9. The molecule has 3 aliphatic rings. The number of hydrogen-bond acceptors (Lipinski definition) is 5. The predicted octanol–water partition coefficient (Wildman–Crippen LogP) is 1.15. The second-order valence-electron chi connectivity index (χ2n) is 5.86. The Hall–Kier alpha value is -1.57. The minimum Gasteiger partial charge on any atom is -0.376 e. The van der Waals surface area contributed by atoms with Crippen LogP contribution in [-0.2, 0) is 19.1 Å². The maximum atomic E-state index is 12.9. The molecule has 0 bridgehead atoms. The first-order chi connectivity index (χ1) is 11.2. The second kappa shape index (κ2) is 5.81. The molecule has 4 rings (SSSR count). The number of hydrogen-bond donors (Lipinski definition) is 1. The summed E-state index contributed by atoms with van der Waals surface area (Å²) in [6.45, 7) is 2.04. The van der Waals surface area contributed by atoms with Gasteiger partial charge in [-0.2, -0.15) is 0 Å². The van der Waals surface area contributed by atoms with E-state index in [2.05, 4.69) is 5.32 Å². The van der Waals surface area contributed by atoms with Crippen LogP contribution in [0.2, 0.25) is 0 Å². The molecule has 0 unspecified atom stereocenters. The number of carbonyl (C=O) groups is 2. The second-order valence-corrected chi connectivity index (χ2v) is 7.18. The van der Waals surface area contributed by atoms with Crippen molar-refractivity contribution in [3.05, 3.63) is 24.3 Å². The summed E-state index contributed by atoms with van der Waals surface area (Å²) in [6, 6.07) is 7.68. The van der Waals surface area contributed by atoms with E-state index in [1.165, 1.54) is 11.8 Å². The summed E-state index contributed by atoms with van der Waals surface area (Å²) in [5.74, 6) is -0.117. The third kappa shape index (κ3) is 2.43. The van der Waals surface area contributed by atoms with E-state index >= 15 is 0 Å². The summed E-state index contributed by atoms with van der Waals surface area (Å²) in [4.78, 5) is 27.0. The molecule has 0 aromatic heterocycles. The topological polar surface area (TPSA) is 67.9 Å². The van der Waals surface area contributed by atoms with Gasteiger partial charge in [0.25, 0.3) is 5.91 Å². The Kier molecular flexibility index (Phi) is 3.79. The van der Waals surface area contributed by atoms with Gasteiger partial charge < -0.3 is 14.8 Å². The molecule has 2 saturated heterocycles. The molecule has 1 aromatic rings. The highest BCUT2D eigenvalue weighted by Gasteiger charge is 2.57. The molecule has 0 saturated carbocycles. The molecule has 2 amide bonds. The molecule has 1 N–H and O–H groups in total. The van der Waals surface area contributed by atoms with Gasteiger partial charge >= 0.3 is 0 Å². The molecule has 7 heteroatoms. The van der Waals surface area contributed by atoms with Gasteiger partial charge in [0.15, 0.2) is 4.87 Å². The van der Waals surface area contributed by atoms with E-state index in [1.807, 2.05) is 24.3 Å². The first kappa shape index (κ1) is 15.0. The van der Waals surface area contributed by atoms with Crippen LogP contribution in [0.5, 0.6) is 0 Å². The third-order valence-corrected chi connectivity index (χ3v) is 5.88. The van der Waals surface area contributed by atoms with Crippen molar-refractivity contribution >= 4 is 29.3 Å². The first-order valence-corrected chi connectivity index (χ1v) is 8.61. The van der Waals surface area contributed by atoms with Crippen molar-refractivity contribution in [1.82, 2.24) is 5.32 Å². The Labute approximate surface area is 138 Å². The molecule has 2 atom stereocenters. The number of rotatable bonds is 3. The van der Waals surface area contributed by atoms with Crippen LogP contribution in [0, 0.1) is 0 Å². The minimum atomic E-state index is -0.851. The van der Waals surface area contributed by atoms with E-state index < -0.39 is 4.87 Å². The predicted molar refractivity (Wildman–Crippen MR) is 85.3 cm³/mol. The molecule has 0 aliphatic carbocycles. The standard InChI is InChI=1S/C16H18N2O4S/c19-14-5-6-16(15(20)17-9-11-10-21-7-8-22-11)18(14)12-3-1-2-4-13(12)23-16/h1-4,11H,5-10H2,(H,17,20)/t11-,16+/m1/s1. The van der Waals surface area contributed by atoms with Gasteiger partial charge in [-0.05, 0) is 18.6 Å². The summed E-state index contributed by atoms with van der Waals surface area (Å²) < 4.78 is 10.9. The lowest BCUT2D eigenvalue weighted by Gasteiger charge is -2.31. The van der Waals surface area contributed by atoms with Crippen molar-refractivity contribution in [2.75, 3.05) is 31.3 Å². The van der Waals surface area contributed by atoms with E-state index in [0.717, 1.165) is 10.6 Å². The van der Waals surface area contributed by atoms with E-state index in [1.54, 1.807) is 4.90 Å². The fourth-order valence-corrected chi connectivity index (χ4v) is 4.73. The molecule has 0 spiro atoms. The summed E-state index contributed by atoms with van der Waals surface area (Å²) in [7, 11) is 0. The Morgan fingerprint density at radius 3 is 3.09 bits per heavy atom. The lowest BCUT2D eigenvalue weighted by Crippen LogP contribution is -2.54. The Bertz CT molecular complexity index is 647. The molecule has 23 heavy (non-hydrogen) atoms. The van der Waals surface area contributed by atoms with Crippen molar-refractivity contribution in [2.24, 2.45) is 0 Å². The molecule has 1 aromatic carbocycles. The SMILES string of the molecule is O=C1CC[C@@]2(C(=O)NC[C@@H]3COCCO3)Sc3ccccc3N12. The molecule has 3 heterocycles. The number of thioether (sulfide) groups is 1. The van der Waals surface area contributed by atoms with Gasteiger partial charge in [0.2, 0.25) is 5.91 Å². The van der Waals surface area contributed by atoms with Crippen molar-refractivity contribution < 1.29 is 19.1 Å². The van der Waals surface area contributed by atoms with Gasteiger partial charge in [0.1, 0.15) is 0 Å². The third-order valence-electron chi connectivity index (χ3n) is 4.40. The molecular formula is C16H18N2O4S. The molecule has 0 radical (unpaired) electrons. The number of nitrogens with one attached hydrogen (secondary N) is 1. The fourth-order valence-electron chi connectivity index (χ4n) is 3.30. The zero-order valence-electron chi connectivity index (χ0n) is 12.6. The van der Waals surface area contributed by atoms with Crippen LogP contribution in [-0.4, -0.2) is 49.2 Å². The van der Waals surface area contributed by atoms with Crippen molar-refractivity contribution in [3.63, 3.8) is 0 Å². The number of para-hydroxylation sites is 1. The lowest BCUT2D eigenvalue weighted by atomic mass is 10.1. The van der Waals surface area contributed by atoms with Gasteiger partial charge in [-0.1, -0.05) is 23.9 Å². The normalized spacial score (nSPS) is 29.3. The Morgan fingerprint density at radius 2 is 2.26 bits per heavy atom. The summed E-state index contributed by atoms with van der Waals surface area (Å²) in [5, 5.41) is 2.95. The lowest BCUT2D eigenvalue weighted by molar-refractivity contribution is -0.127. The number of anilines is 1. The number of amides is 2. The van der Waals surface area contributed by atoms with Crippen LogP contribution in [0.25, 0.3) is 0 Å². The highest BCUT2D eigenvalue weighted by molar-refractivity contribution is 8.02. The van der Waals surface area contributed by atoms with Crippen LogP contribution >= 0.6 is 11.8 Å². The Balaban J connectivity index is 1.52. The smallest absolute Gasteiger partial charge is 0.257 e. The summed E-state index contributed by atoms with van der Waals surface area (Å²) in [6.07, 6.45) is 0.806. The van der Waals surface area contributed by atoms with Crippen LogP contribution in [0.4, 0.5) is 5.69 Å². The molecule has 6 nitrogen and oxygen atoms in total. The largest absolute Gasteiger partial charge is 0.376 e. The number of nitrogens with zero attached hydrogens (tertiary/aromatic N) is 1. The number of fused-ring (bicyclic) bond motifs is 3. The van der Waals surface area contributed by atoms with Crippen molar-refractivity contribution in [3.8, 4) is 0 Å². The maximum Gasteiger partial charge on any atom is 0.257 e. The molecule has 2 fully saturated rings. The van der Waals surface area contributed by atoms with Crippen molar-refractivity contribution in [1.29, 1.82) is 0 Å². The highest BCUT2D eigenvalue weighted by Crippen LogP contribution is 2.55. The van der Waals surface area contributed by atoms with Gasteiger partial charge in [-0.3, -0.25) is 14.5 Å². The van der Waals surface area contributed by atoms with Crippen LogP contribution < -0.4 is 10.2 Å². The summed E-state index contributed by atoms with van der Waals surface area (Å²) in [5.41, 5.74) is 0.840. The fraction of sp³-hybridized carbons (Fsp3) is 0.500. The maximum absolute atomic E-state index is 12.9. The van der Waals surface area contributed by atoms with Crippen LogP contribution in [0.1, 0.15) is 12.8 Å². The van der Waals surface area contributed by atoms with E-state index in [9.17, 15) is 9.59 Å². The number of carbonyl (C=O) groups excluding carboxylic acids is 2. The average Bonchev–Trinajstić information content (AvgIpc) is 3.10. The first-order valence-electron chi connectivity index (χ1n) is 7.79. The van der Waals surface area contributed by atoms with Gasteiger partial charge in [0, 0.05) is 17.9 Å². The van der Waals surface area contributed by atoms with Gasteiger partial charge in [0.05, 0.1) is 31.6 Å². The van der Waals surface area contributed by atoms with Crippen LogP contribution in [0.15, 0.2) is 29.2 Å². The molecule has 3 aliphatic heterocycles. The zero-order valence-corrected chi connectivity index (χ0v) is 13.4. The van der Waals surface area contributed by atoms with Gasteiger partial charge in [-0.25, -0.2) is 0 Å². The van der Waals surface area contributed by atoms with Crippen molar-refractivity contribution in [2.45, 2.75) is 28.7 Å². The quantitative estimate of drug-likeness (QED) is 0.898. The number of benzene rings is 1. The monoisotopic (exact) mass is 334 g/mol.